The maximum absolute atomic E-state index is 8.09. The molecular formula is C52H49BN4OSi2. The van der Waals surface area contributed by atoms with E-state index in [0.717, 1.165) is 34.2 Å². The van der Waals surface area contributed by atoms with Crippen LogP contribution in [0, 0.1) is 0 Å². The summed E-state index contributed by atoms with van der Waals surface area (Å²) in [6, 6.07) is 56.5. The normalized spacial score (nSPS) is 18.5. The second kappa shape index (κ2) is 11.9. The van der Waals surface area contributed by atoms with Gasteiger partial charge in [0.05, 0.1) is 11.4 Å². The minimum absolute atomic E-state index is 0.0645. The fourth-order valence-corrected chi connectivity index (χ4v) is 18.6. The Labute approximate surface area is 356 Å². The van der Waals surface area contributed by atoms with Crippen molar-refractivity contribution in [2.24, 2.45) is 0 Å². The van der Waals surface area contributed by atoms with E-state index in [9.17, 15) is 0 Å². The van der Waals surface area contributed by atoms with Crippen LogP contribution in [0.15, 0.2) is 152 Å². The summed E-state index contributed by atoms with van der Waals surface area (Å²) in [5.41, 5.74) is 12.8. The lowest BCUT2D eigenvalue weighted by atomic mass is 9.35. The standard InChI is InChI=1S/C52H49BN4OSi2/c1-51(2)54(34-22-13-9-14-23-34)38-32-42-45-49(47(38)56(51)36-26-17-11-18-27-36)58-50-46-43(60(7,8)41-31-21-30-40(59(42,5)6)44(41)53(45)46)33-39-48(50)57(37-28-19-12-20-29-37)52(3,4)55(39)35-24-15-10-16-25-35/h9-33H,1-8H3. The highest BCUT2D eigenvalue weighted by Crippen LogP contribution is 2.60. The smallest absolute Gasteiger partial charge is 0.250 e. The van der Waals surface area contributed by atoms with Crippen LogP contribution >= 0.6 is 0 Å². The van der Waals surface area contributed by atoms with Crippen LogP contribution in [0.25, 0.3) is 0 Å². The molecule has 60 heavy (non-hydrogen) atoms. The molecule has 0 amide bonds. The second-order valence-electron chi connectivity index (χ2n) is 19.3. The molecule has 0 aliphatic carbocycles. The van der Waals surface area contributed by atoms with E-state index in [-0.39, 0.29) is 6.71 Å². The summed E-state index contributed by atoms with van der Waals surface area (Å²) in [4.78, 5) is 10.3. The van der Waals surface area contributed by atoms with Crippen LogP contribution in [0.3, 0.4) is 0 Å². The molecular weight excluding hydrogens is 764 g/mol. The van der Waals surface area contributed by atoms with Gasteiger partial charge < -0.3 is 24.3 Å². The van der Waals surface area contributed by atoms with Gasteiger partial charge in [-0.25, -0.2) is 0 Å². The number of anilines is 8. The van der Waals surface area contributed by atoms with E-state index in [1.807, 2.05) is 0 Å². The highest BCUT2D eigenvalue weighted by atomic mass is 28.3. The Bertz CT molecular complexity index is 2740. The Balaban J connectivity index is 1.25. The van der Waals surface area contributed by atoms with Crippen LogP contribution in [-0.2, 0) is 0 Å². The molecule has 5 nitrogen and oxygen atoms in total. The summed E-state index contributed by atoms with van der Waals surface area (Å²) in [5.74, 6) is 2.03. The molecule has 5 heterocycles. The highest BCUT2D eigenvalue weighted by Gasteiger charge is 2.59. The predicted molar refractivity (Wildman–Crippen MR) is 260 cm³/mol. The molecule has 7 aromatic rings. The summed E-state index contributed by atoms with van der Waals surface area (Å²) in [5, 5.41) is 6.14. The molecule has 0 spiro atoms. The van der Waals surface area contributed by atoms with Crippen molar-refractivity contribution in [2.45, 2.75) is 65.2 Å². The zero-order valence-electron chi connectivity index (χ0n) is 35.7. The number of rotatable bonds is 4. The fourth-order valence-electron chi connectivity index (χ4n) is 12.1. The van der Waals surface area contributed by atoms with Gasteiger partial charge in [-0.1, -0.05) is 143 Å². The minimum atomic E-state index is -2.28. The summed E-state index contributed by atoms with van der Waals surface area (Å²) in [7, 11) is -4.56. The molecule has 12 rings (SSSR count). The summed E-state index contributed by atoms with van der Waals surface area (Å²) in [6.07, 6.45) is 0. The molecule has 0 saturated carbocycles. The third-order valence-electron chi connectivity index (χ3n) is 14.6. The van der Waals surface area contributed by atoms with Crippen molar-refractivity contribution in [2.75, 3.05) is 19.6 Å². The number of fused-ring (bicyclic) bond motifs is 4. The first-order chi connectivity index (χ1) is 28.8. The van der Waals surface area contributed by atoms with Gasteiger partial charge in [0.15, 0.2) is 0 Å². The number of benzene rings is 7. The summed E-state index contributed by atoms with van der Waals surface area (Å²) < 4.78 is 8.09. The number of para-hydroxylation sites is 4. The van der Waals surface area contributed by atoms with Crippen LogP contribution in [0.2, 0.25) is 26.2 Å². The Kier molecular flexibility index (Phi) is 7.10. The molecule has 8 heteroatoms. The molecule has 0 atom stereocenters. The Morgan fingerprint density at radius 1 is 0.400 bits per heavy atom. The van der Waals surface area contributed by atoms with Gasteiger partial charge >= 0.3 is 0 Å². The van der Waals surface area contributed by atoms with Crippen molar-refractivity contribution in [3.63, 3.8) is 0 Å². The van der Waals surface area contributed by atoms with Crippen LogP contribution in [0.4, 0.5) is 45.5 Å². The first kappa shape index (κ1) is 35.9. The quantitative estimate of drug-likeness (QED) is 0.166. The van der Waals surface area contributed by atoms with Crippen molar-refractivity contribution in [3.8, 4) is 11.5 Å². The molecule has 5 aliphatic heterocycles. The number of hydrogen-bond acceptors (Lipinski definition) is 5. The van der Waals surface area contributed by atoms with Crippen molar-refractivity contribution < 1.29 is 4.74 Å². The second-order valence-corrected chi connectivity index (χ2v) is 27.9. The van der Waals surface area contributed by atoms with Crippen molar-refractivity contribution in [3.05, 3.63) is 152 Å². The summed E-state index contributed by atoms with van der Waals surface area (Å²) >= 11 is 0. The molecule has 0 fully saturated rings. The monoisotopic (exact) mass is 812 g/mol. The maximum Gasteiger partial charge on any atom is 0.250 e. The van der Waals surface area contributed by atoms with E-state index in [1.54, 1.807) is 15.8 Å². The van der Waals surface area contributed by atoms with Gasteiger partial charge in [0, 0.05) is 22.7 Å². The van der Waals surface area contributed by atoms with Crippen molar-refractivity contribution >= 4 is 105 Å². The van der Waals surface area contributed by atoms with E-state index < -0.39 is 27.5 Å². The van der Waals surface area contributed by atoms with Gasteiger partial charge in [0.25, 0.3) is 6.71 Å². The van der Waals surface area contributed by atoms with Crippen LogP contribution in [0.5, 0.6) is 11.5 Å². The number of nitrogens with zero attached hydrogens (tertiary/aromatic N) is 4. The van der Waals surface area contributed by atoms with Gasteiger partial charge in [-0.05, 0) is 99.3 Å². The average molecular weight is 813 g/mol. The van der Waals surface area contributed by atoms with Crippen LogP contribution in [0.1, 0.15) is 27.7 Å². The zero-order valence-corrected chi connectivity index (χ0v) is 37.7. The molecule has 0 saturated heterocycles. The van der Waals surface area contributed by atoms with E-state index in [4.69, 9.17) is 4.74 Å². The van der Waals surface area contributed by atoms with Gasteiger partial charge in [-0.2, -0.15) is 0 Å². The van der Waals surface area contributed by atoms with Crippen molar-refractivity contribution in [1.29, 1.82) is 0 Å². The SMILES string of the molecule is CC1(C)N(c2ccccc2)c2cc3c4c(c2N1c1ccccc1)Oc1c2c(cc5c1N(c1ccccc1)C(C)(C)N5c1ccccc1)[Si](C)(C)c1cccc(c1B42)[Si]3(C)C. The van der Waals surface area contributed by atoms with E-state index >= 15 is 0 Å². The van der Waals surface area contributed by atoms with Gasteiger partial charge in [-0.15, -0.1) is 0 Å². The molecule has 7 aromatic carbocycles. The lowest BCUT2D eigenvalue weighted by Crippen LogP contribution is -2.87. The molecule has 0 bridgehead atoms. The lowest BCUT2D eigenvalue weighted by Gasteiger charge is -2.48. The van der Waals surface area contributed by atoms with Crippen LogP contribution < -0.4 is 61.5 Å². The Morgan fingerprint density at radius 3 is 1.08 bits per heavy atom. The van der Waals surface area contributed by atoms with Gasteiger partial charge in [0.2, 0.25) is 0 Å². The average Bonchev–Trinajstić information content (AvgIpc) is 3.64. The molecule has 5 aliphatic rings. The maximum atomic E-state index is 8.09. The van der Waals surface area contributed by atoms with E-state index in [1.165, 1.54) is 44.0 Å². The number of hydrogen-bond donors (Lipinski definition) is 0. The highest BCUT2D eigenvalue weighted by molar-refractivity contribution is 7.21. The summed E-state index contributed by atoms with van der Waals surface area (Å²) in [6.45, 7) is 19.9. The zero-order chi connectivity index (χ0) is 41.1. The van der Waals surface area contributed by atoms with Crippen molar-refractivity contribution in [1.82, 2.24) is 0 Å². The van der Waals surface area contributed by atoms with E-state index in [0.29, 0.717) is 0 Å². The number of ether oxygens (including phenoxy) is 1. The largest absolute Gasteiger partial charge is 0.454 e. The topological polar surface area (TPSA) is 22.2 Å². The fraction of sp³-hybridized carbons (Fsp3) is 0.192. The molecule has 0 unspecified atom stereocenters. The molecule has 0 radical (unpaired) electrons. The third-order valence-corrected chi connectivity index (χ3v) is 21.7. The Hall–Kier alpha value is -5.96. The van der Waals surface area contributed by atoms with Crippen LogP contribution in [-0.4, -0.2) is 34.2 Å². The molecule has 294 valence electrons. The van der Waals surface area contributed by atoms with E-state index in [2.05, 4.69) is 225 Å². The molecule has 0 aromatic heterocycles. The predicted octanol–water partition coefficient (Wildman–Crippen LogP) is 8.63. The lowest BCUT2D eigenvalue weighted by molar-refractivity contribution is 0.479. The Morgan fingerprint density at radius 2 is 0.733 bits per heavy atom. The first-order valence-corrected chi connectivity index (χ1v) is 27.5. The van der Waals surface area contributed by atoms with Gasteiger partial charge in [-0.3, -0.25) is 0 Å². The van der Waals surface area contributed by atoms with Gasteiger partial charge in [0.1, 0.15) is 50.3 Å². The molecule has 0 N–H and O–H groups in total. The first-order valence-electron chi connectivity index (χ1n) is 21.5. The third kappa shape index (κ3) is 4.37. The minimum Gasteiger partial charge on any atom is -0.454 e.